The minimum Gasteiger partial charge on any atom is -0.344 e. The summed E-state index contributed by atoms with van der Waals surface area (Å²) in [5.74, 6) is 0. The second-order valence-electron chi connectivity index (χ2n) is 1.38. The third-order valence-electron chi connectivity index (χ3n) is 0.799. The van der Waals surface area contributed by atoms with Gasteiger partial charge in [0.2, 0.25) is 0 Å². The number of hydrogen-bond donors (Lipinski definition) is 1. The largest absolute Gasteiger partial charge is 0.344 e. The Hall–Kier alpha value is -0.220. The number of thioether (sulfide) groups is 1. The zero-order chi connectivity index (χ0) is 6.69. The molecule has 0 aromatic carbocycles. The van der Waals surface area contributed by atoms with Crippen LogP contribution in [0.4, 0.5) is 0 Å². The smallest absolute Gasteiger partial charge is 0.182 e. The van der Waals surface area contributed by atoms with Gasteiger partial charge in [0.15, 0.2) is 5.62 Å². The summed E-state index contributed by atoms with van der Waals surface area (Å²) in [6.07, 6.45) is 0. The van der Waals surface area contributed by atoms with E-state index in [1.54, 1.807) is 0 Å². The Morgan fingerprint density at radius 2 is 2.44 bits per heavy atom. The number of carbonyl (C=O) groups is 1. The first-order valence-electron chi connectivity index (χ1n) is 2.28. The number of H-pyrrole nitrogens is 1. The molecule has 0 radical (unpaired) electrons. The van der Waals surface area contributed by atoms with Crippen molar-refractivity contribution >= 4 is 33.3 Å². The molecule has 0 aliphatic rings. The van der Waals surface area contributed by atoms with Gasteiger partial charge in [-0.3, -0.25) is 4.79 Å². The van der Waals surface area contributed by atoms with E-state index >= 15 is 0 Å². The van der Waals surface area contributed by atoms with Crippen LogP contribution in [0.1, 0.15) is 0 Å². The predicted octanol–water partition coefficient (Wildman–Crippen LogP) is 2.06. The lowest BCUT2D eigenvalue weighted by Gasteiger charge is -1.82. The Morgan fingerprint density at radius 3 is 2.89 bits per heavy atom. The van der Waals surface area contributed by atoms with Crippen molar-refractivity contribution in [3.8, 4) is 0 Å². The lowest BCUT2D eigenvalue weighted by Crippen LogP contribution is -1.66. The van der Waals surface area contributed by atoms with Crippen molar-refractivity contribution in [1.29, 1.82) is 0 Å². The van der Waals surface area contributed by atoms with E-state index in [9.17, 15) is 4.79 Å². The monoisotopic (exact) mass is 205 g/mol. The Labute approximate surface area is 65.2 Å². The molecule has 1 heterocycles. The molecule has 0 atom stereocenters. The summed E-state index contributed by atoms with van der Waals surface area (Å²) in [5, 5.41) is 0.858. The van der Waals surface area contributed by atoms with Crippen molar-refractivity contribution < 1.29 is 4.79 Å². The van der Waals surface area contributed by atoms with Gasteiger partial charge in [0.25, 0.3) is 0 Å². The molecular weight excluding hydrogens is 202 g/mol. The standard InChI is InChI=1S/C5H4BrNOS/c6-4-1-2-5(7-4)9-3-8/h1-3,7H. The van der Waals surface area contributed by atoms with E-state index in [1.807, 2.05) is 12.1 Å². The fourth-order valence-corrected chi connectivity index (χ4v) is 1.37. The maximum Gasteiger partial charge on any atom is 0.182 e. The van der Waals surface area contributed by atoms with Gasteiger partial charge in [0.1, 0.15) is 0 Å². The summed E-state index contributed by atoms with van der Waals surface area (Å²) in [7, 11) is 0. The van der Waals surface area contributed by atoms with Gasteiger partial charge in [0, 0.05) is 0 Å². The molecule has 2 nitrogen and oxygen atoms in total. The number of hydrogen-bond acceptors (Lipinski definition) is 2. The first kappa shape index (κ1) is 6.89. The molecule has 0 unspecified atom stereocenters. The van der Waals surface area contributed by atoms with Crippen LogP contribution in [0, 0.1) is 0 Å². The highest BCUT2D eigenvalue weighted by Crippen LogP contribution is 2.16. The summed E-state index contributed by atoms with van der Waals surface area (Å²) in [4.78, 5) is 12.8. The summed E-state index contributed by atoms with van der Waals surface area (Å²) in [5.41, 5.74) is 0.790. The van der Waals surface area contributed by atoms with Crippen molar-refractivity contribution in [3.63, 3.8) is 0 Å². The minimum atomic E-state index is 0.790. The SMILES string of the molecule is O=CSc1ccc(Br)[nH]1. The third kappa shape index (κ3) is 1.87. The van der Waals surface area contributed by atoms with Crippen LogP contribution in [0.2, 0.25) is 0 Å². The summed E-state index contributed by atoms with van der Waals surface area (Å²) in [6, 6.07) is 3.69. The Kier molecular flexibility index (Phi) is 2.36. The van der Waals surface area contributed by atoms with E-state index < -0.39 is 0 Å². The topological polar surface area (TPSA) is 32.9 Å². The molecule has 0 aliphatic carbocycles. The molecule has 48 valence electrons. The lowest BCUT2D eigenvalue weighted by atomic mass is 10.7. The van der Waals surface area contributed by atoms with E-state index in [0.717, 1.165) is 27.0 Å². The first-order valence-corrected chi connectivity index (χ1v) is 3.95. The molecule has 0 fully saturated rings. The number of aromatic amines is 1. The summed E-state index contributed by atoms with van der Waals surface area (Å²) >= 11 is 4.35. The van der Waals surface area contributed by atoms with Crippen molar-refractivity contribution in [3.05, 3.63) is 16.7 Å². The van der Waals surface area contributed by atoms with Crippen molar-refractivity contribution in [2.24, 2.45) is 0 Å². The maximum atomic E-state index is 9.91. The molecule has 0 saturated heterocycles. The van der Waals surface area contributed by atoms with E-state index in [4.69, 9.17) is 0 Å². The normalized spacial score (nSPS) is 9.44. The van der Waals surface area contributed by atoms with E-state index in [2.05, 4.69) is 20.9 Å². The van der Waals surface area contributed by atoms with Crippen molar-refractivity contribution in [2.75, 3.05) is 0 Å². The highest BCUT2D eigenvalue weighted by Gasteiger charge is 1.92. The third-order valence-corrected chi connectivity index (χ3v) is 1.85. The van der Waals surface area contributed by atoms with E-state index in [-0.39, 0.29) is 0 Å². The average Bonchev–Trinajstić information content (AvgIpc) is 2.17. The van der Waals surface area contributed by atoms with Gasteiger partial charge in [-0.2, -0.15) is 0 Å². The molecule has 1 aromatic heterocycles. The highest BCUT2D eigenvalue weighted by molar-refractivity contribution is 9.10. The molecule has 0 amide bonds. The highest BCUT2D eigenvalue weighted by atomic mass is 79.9. The maximum absolute atomic E-state index is 9.91. The van der Waals surface area contributed by atoms with E-state index in [0.29, 0.717) is 0 Å². The molecule has 4 heteroatoms. The molecule has 9 heavy (non-hydrogen) atoms. The average molecular weight is 206 g/mol. The Morgan fingerprint density at radius 1 is 1.67 bits per heavy atom. The second kappa shape index (κ2) is 3.08. The van der Waals surface area contributed by atoms with Crippen LogP contribution >= 0.6 is 27.7 Å². The summed E-state index contributed by atoms with van der Waals surface area (Å²) < 4.78 is 0.895. The predicted molar refractivity (Wildman–Crippen MR) is 41.1 cm³/mol. The van der Waals surface area contributed by atoms with Gasteiger partial charge in [-0.05, 0) is 39.8 Å². The van der Waals surface area contributed by atoms with Crippen LogP contribution in [0.15, 0.2) is 21.8 Å². The van der Waals surface area contributed by atoms with Crippen LogP contribution in [0.3, 0.4) is 0 Å². The number of rotatable bonds is 2. The van der Waals surface area contributed by atoms with Gasteiger partial charge >= 0.3 is 0 Å². The molecule has 1 N–H and O–H groups in total. The Bertz CT molecular complexity index is 210. The minimum absolute atomic E-state index is 0.790. The Balaban J connectivity index is 2.72. The number of aromatic nitrogens is 1. The van der Waals surface area contributed by atoms with Gasteiger partial charge in [-0.15, -0.1) is 0 Å². The second-order valence-corrected chi connectivity index (χ2v) is 3.11. The molecular formula is C5H4BrNOS. The molecule has 0 bridgehead atoms. The molecule has 0 aliphatic heterocycles. The fourth-order valence-electron chi connectivity index (χ4n) is 0.470. The van der Waals surface area contributed by atoms with Gasteiger partial charge in [0.05, 0.1) is 9.63 Å². The van der Waals surface area contributed by atoms with Crippen LogP contribution in [-0.2, 0) is 4.79 Å². The van der Waals surface area contributed by atoms with Crippen LogP contribution in [0.25, 0.3) is 0 Å². The lowest BCUT2D eigenvalue weighted by molar-refractivity contribution is 0.570. The van der Waals surface area contributed by atoms with Crippen LogP contribution in [-0.4, -0.2) is 10.6 Å². The van der Waals surface area contributed by atoms with Gasteiger partial charge < -0.3 is 4.98 Å². The first-order chi connectivity index (χ1) is 4.33. The van der Waals surface area contributed by atoms with Gasteiger partial charge in [-0.1, -0.05) is 0 Å². The number of nitrogens with one attached hydrogen (secondary N) is 1. The van der Waals surface area contributed by atoms with Crippen LogP contribution in [0.5, 0.6) is 0 Å². The molecule has 0 spiro atoms. The zero-order valence-corrected chi connectivity index (χ0v) is 6.83. The van der Waals surface area contributed by atoms with E-state index in [1.165, 1.54) is 0 Å². The zero-order valence-electron chi connectivity index (χ0n) is 4.43. The van der Waals surface area contributed by atoms with Gasteiger partial charge in [-0.25, -0.2) is 0 Å². The van der Waals surface area contributed by atoms with Crippen LogP contribution < -0.4 is 0 Å². The summed E-state index contributed by atoms with van der Waals surface area (Å²) in [6.45, 7) is 0. The fraction of sp³-hybridized carbons (Fsp3) is 0. The molecule has 1 aromatic rings. The van der Waals surface area contributed by atoms with Crippen molar-refractivity contribution in [2.45, 2.75) is 5.03 Å². The number of carbonyl (C=O) groups excluding carboxylic acids is 1. The molecule has 0 saturated carbocycles. The quantitative estimate of drug-likeness (QED) is 0.593. The number of halogens is 1. The molecule has 1 rings (SSSR count). The van der Waals surface area contributed by atoms with Crippen molar-refractivity contribution in [1.82, 2.24) is 4.98 Å².